The summed E-state index contributed by atoms with van der Waals surface area (Å²) >= 11 is 3.43. The van der Waals surface area contributed by atoms with Gasteiger partial charge in [0.25, 0.3) is 5.91 Å². The maximum Gasteiger partial charge on any atom is 0.250 e. The fourth-order valence-corrected chi connectivity index (χ4v) is 5.08. The summed E-state index contributed by atoms with van der Waals surface area (Å²) in [4.78, 5) is 26.1. The molecule has 0 radical (unpaired) electrons. The molecule has 7 nitrogen and oxygen atoms in total. The Morgan fingerprint density at radius 2 is 1.82 bits per heavy atom. The SMILES string of the molecule is O=C1Cc2cc(CCN3C(=O)CO[C@@H]3c3cn(-c4ccc(Br)cc4)nc3-c3ccc(F)cc3)c(F)cc2N1. The highest BCUT2D eigenvalue weighted by atomic mass is 79.9. The van der Waals surface area contributed by atoms with E-state index >= 15 is 0 Å². The molecule has 1 aromatic heterocycles. The number of amides is 2. The lowest BCUT2D eigenvalue weighted by molar-refractivity contribution is -0.128. The molecule has 6 rings (SSSR count). The van der Waals surface area contributed by atoms with Crippen LogP contribution in [0.4, 0.5) is 14.5 Å². The Hall–Kier alpha value is -3.89. The average Bonchev–Trinajstić information content (AvgIpc) is 3.59. The van der Waals surface area contributed by atoms with Gasteiger partial charge in [-0.15, -0.1) is 0 Å². The predicted molar refractivity (Wildman–Crippen MR) is 140 cm³/mol. The lowest BCUT2D eigenvalue weighted by atomic mass is 10.0. The van der Waals surface area contributed by atoms with Crippen LogP contribution in [-0.2, 0) is 27.2 Å². The first-order valence-electron chi connectivity index (χ1n) is 12.0. The lowest BCUT2D eigenvalue weighted by Gasteiger charge is -2.23. The second-order valence-electron chi connectivity index (χ2n) is 9.19. The Bertz CT molecular complexity index is 1550. The van der Waals surface area contributed by atoms with Crippen molar-refractivity contribution in [3.63, 3.8) is 0 Å². The first kappa shape index (κ1) is 24.4. The number of anilines is 1. The van der Waals surface area contributed by atoms with Gasteiger partial charge in [-0.25, -0.2) is 13.5 Å². The molecular weight excluding hydrogens is 558 g/mol. The van der Waals surface area contributed by atoms with Crippen LogP contribution in [0.25, 0.3) is 16.9 Å². The number of nitrogens with one attached hydrogen (secondary N) is 1. The van der Waals surface area contributed by atoms with Crippen LogP contribution >= 0.6 is 15.9 Å². The quantitative estimate of drug-likeness (QED) is 0.342. The fourth-order valence-electron chi connectivity index (χ4n) is 4.81. The van der Waals surface area contributed by atoms with Gasteiger partial charge in [-0.3, -0.25) is 9.59 Å². The summed E-state index contributed by atoms with van der Waals surface area (Å²) in [5.41, 5.74) is 4.29. The molecule has 10 heteroatoms. The second kappa shape index (κ2) is 9.77. The third-order valence-electron chi connectivity index (χ3n) is 6.70. The van der Waals surface area contributed by atoms with E-state index in [1.54, 1.807) is 34.0 Å². The molecule has 2 aliphatic rings. The molecular formula is C28H21BrF2N4O3. The van der Waals surface area contributed by atoms with Crippen molar-refractivity contribution in [2.24, 2.45) is 0 Å². The number of rotatable bonds is 6. The molecule has 1 N–H and O–H groups in total. The Balaban J connectivity index is 1.33. The van der Waals surface area contributed by atoms with Crippen LogP contribution in [0.15, 0.2) is 71.3 Å². The smallest absolute Gasteiger partial charge is 0.250 e. The fraction of sp³-hybridized carbons (Fsp3) is 0.179. The van der Waals surface area contributed by atoms with E-state index in [2.05, 4.69) is 21.2 Å². The number of benzene rings is 3. The van der Waals surface area contributed by atoms with Crippen molar-refractivity contribution in [1.82, 2.24) is 14.7 Å². The minimum Gasteiger partial charge on any atom is -0.344 e. The number of hydrogen-bond donors (Lipinski definition) is 1. The van der Waals surface area contributed by atoms with E-state index in [9.17, 15) is 18.4 Å². The molecule has 2 aliphatic heterocycles. The third kappa shape index (κ3) is 4.61. The molecule has 3 heterocycles. The topological polar surface area (TPSA) is 76.5 Å². The summed E-state index contributed by atoms with van der Waals surface area (Å²) < 4.78 is 37.0. The number of aromatic nitrogens is 2. The molecule has 4 aromatic rings. The summed E-state index contributed by atoms with van der Waals surface area (Å²) in [6.07, 6.45) is 1.48. The molecule has 0 saturated carbocycles. The minimum atomic E-state index is -0.757. The molecule has 1 fully saturated rings. The first-order valence-corrected chi connectivity index (χ1v) is 12.8. The van der Waals surface area contributed by atoms with Crippen molar-refractivity contribution in [3.8, 4) is 16.9 Å². The molecule has 2 amide bonds. The summed E-state index contributed by atoms with van der Waals surface area (Å²) in [6.45, 7) is 0.0784. The van der Waals surface area contributed by atoms with E-state index < -0.39 is 12.0 Å². The highest BCUT2D eigenvalue weighted by Gasteiger charge is 2.36. The van der Waals surface area contributed by atoms with Gasteiger partial charge in [-0.2, -0.15) is 5.10 Å². The Morgan fingerprint density at radius 1 is 1.05 bits per heavy atom. The third-order valence-corrected chi connectivity index (χ3v) is 7.23. The summed E-state index contributed by atoms with van der Waals surface area (Å²) in [7, 11) is 0. The van der Waals surface area contributed by atoms with Gasteiger partial charge in [0.15, 0.2) is 6.23 Å². The largest absolute Gasteiger partial charge is 0.344 e. The van der Waals surface area contributed by atoms with Crippen LogP contribution < -0.4 is 5.32 Å². The Morgan fingerprint density at radius 3 is 2.58 bits per heavy atom. The molecule has 1 saturated heterocycles. The molecule has 0 unspecified atom stereocenters. The van der Waals surface area contributed by atoms with Gasteiger partial charge in [-0.1, -0.05) is 22.0 Å². The molecule has 0 bridgehead atoms. The van der Waals surface area contributed by atoms with Gasteiger partial charge in [0.2, 0.25) is 5.91 Å². The van der Waals surface area contributed by atoms with Crippen LogP contribution in [0.3, 0.4) is 0 Å². The number of hydrogen-bond acceptors (Lipinski definition) is 4. The van der Waals surface area contributed by atoms with Crippen molar-refractivity contribution in [3.05, 3.63) is 99.7 Å². The zero-order valence-electron chi connectivity index (χ0n) is 20.0. The van der Waals surface area contributed by atoms with Crippen LogP contribution in [0.1, 0.15) is 22.9 Å². The van der Waals surface area contributed by atoms with Gasteiger partial charge >= 0.3 is 0 Å². The van der Waals surface area contributed by atoms with Gasteiger partial charge in [0.1, 0.15) is 23.9 Å². The first-order chi connectivity index (χ1) is 18.4. The van der Waals surface area contributed by atoms with Crippen LogP contribution in [0.2, 0.25) is 0 Å². The number of ether oxygens (including phenoxy) is 1. The standard InChI is InChI=1S/C28H21BrF2N4O3/c29-19-3-7-21(8-4-19)35-14-22(27(33-35)16-1-5-20(30)6-2-16)28-34(26(37)15-38-28)10-9-17-11-18-12-25(36)32-24(18)13-23(17)31/h1-8,11,13-14,28H,9-10,12,15H2,(H,32,36)/t28-/m1/s1. The molecule has 3 aromatic carbocycles. The van der Waals surface area contributed by atoms with E-state index in [1.165, 1.54) is 18.2 Å². The molecule has 0 spiro atoms. The number of carbonyl (C=O) groups excluding carboxylic acids is 2. The number of fused-ring (bicyclic) bond motifs is 1. The maximum absolute atomic E-state index is 14.8. The van der Waals surface area contributed by atoms with Crippen molar-refractivity contribution in [2.75, 3.05) is 18.5 Å². The predicted octanol–water partition coefficient (Wildman–Crippen LogP) is 5.17. The molecule has 1 atom stereocenters. The second-order valence-corrected chi connectivity index (χ2v) is 10.1. The van der Waals surface area contributed by atoms with Crippen molar-refractivity contribution < 1.29 is 23.1 Å². The Kier molecular flexibility index (Phi) is 6.29. The maximum atomic E-state index is 14.8. The van der Waals surface area contributed by atoms with Crippen LogP contribution in [0, 0.1) is 11.6 Å². The summed E-state index contributed by atoms with van der Waals surface area (Å²) in [5.74, 6) is -1.21. The lowest BCUT2D eigenvalue weighted by Crippen LogP contribution is -2.31. The van der Waals surface area contributed by atoms with E-state index in [0.29, 0.717) is 28.1 Å². The van der Waals surface area contributed by atoms with Crippen LogP contribution in [0.5, 0.6) is 0 Å². The van der Waals surface area contributed by atoms with Crippen LogP contribution in [-0.4, -0.2) is 39.6 Å². The van der Waals surface area contributed by atoms with Crippen molar-refractivity contribution in [2.45, 2.75) is 19.1 Å². The van der Waals surface area contributed by atoms with Crippen molar-refractivity contribution in [1.29, 1.82) is 0 Å². The average molecular weight is 579 g/mol. The number of halogens is 3. The molecule has 38 heavy (non-hydrogen) atoms. The Labute approximate surface area is 225 Å². The number of carbonyl (C=O) groups is 2. The summed E-state index contributed by atoms with van der Waals surface area (Å²) in [5, 5.41) is 7.40. The van der Waals surface area contributed by atoms with Gasteiger partial charge in [0.05, 0.1) is 12.1 Å². The highest BCUT2D eigenvalue weighted by Crippen LogP contribution is 2.36. The van der Waals surface area contributed by atoms with Gasteiger partial charge < -0.3 is 15.0 Å². The zero-order chi connectivity index (χ0) is 26.4. The van der Waals surface area contributed by atoms with E-state index in [1.807, 2.05) is 24.3 Å². The van der Waals surface area contributed by atoms with Gasteiger partial charge in [-0.05, 0) is 72.1 Å². The zero-order valence-corrected chi connectivity index (χ0v) is 21.5. The minimum absolute atomic E-state index is 0.123. The molecule has 192 valence electrons. The van der Waals surface area contributed by atoms with Gasteiger partial charge in [0, 0.05) is 34.0 Å². The summed E-state index contributed by atoms with van der Waals surface area (Å²) in [6, 6.07) is 16.5. The van der Waals surface area contributed by atoms with E-state index in [-0.39, 0.29) is 43.6 Å². The van der Waals surface area contributed by atoms with Crippen molar-refractivity contribution >= 4 is 33.4 Å². The van der Waals surface area contributed by atoms with E-state index in [4.69, 9.17) is 9.84 Å². The van der Waals surface area contributed by atoms with E-state index in [0.717, 1.165) is 15.7 Å². The number of nitrogens with zero attached hydrogens (tertiary/aromatic N) is 3. The highest BCUT2D eigenvalue weighted by molar-refractivity contribution is 9.10. The monoisotopic (exact) mass is 578 g/mol. The normalized spacial score (nSPS) is 16.7. The molecule has 0 aliphatic carbocycles.